The summed E-state index contributed by atoms with van der Waals surface area (Å²) in [4.78, 5) is 29.0. The number of aromatic amines is 1. The number of nitrogens with zero attached hydrogens (tertiary/aromatic N) is 1. The van der Waals surface area contributed by atoms with Gasteiger partial charge in [-0.05, 0) is 30.5 Å². The predicted molar refractivity (Wildman–Crippen MR) is 85.9 cm³/mol. The fraction of sp³-hybridized carbons (Fsp3) is 0.375. The highest BCUT2D eigenvalue weighted by molar-refractivity contribution is 5.97. The van der Waals surface area contributed by atoms with E-state index in [4.69, 9.17) is 0 Å². The number of rotatable bonds is 3. The first-order valence-electron chi connectivity index (χ1n) is 7.34. The number of aromatic nitrogens is 1. The lowest BCUT2D eigenvalue weighted by atomic mass is 10.1. The number of anilines is 1. The lowest BCUT2D eigenvalue weighted by Gasteiger charge is -2.27. The maximum Gasteiger partial charge on any atom is 0.243 e. The van der Waals surface area contributed by atoms with Crippen LogP contribution in [-0.4, -0.2) is 43.0 Å². The van der Waals surface area contributed by atoms with Crippen molar-refractivity contribution in [3.8, 4) is 0 Å². The van der Waals surface area contributed by atoms with Gasteiger partial charge in [-0.1, -0.05) is 6.07 Å². The number of hydrogen-bond donors (Lipinski definition) is 3. The molecule has 22 heavy (non-hydrogen) atoms. The Morgan fingerprint density at radius 2 is 1.86 bits per heavy atom. The number of carbonyl (C=O) groups excluding carboxylic acids is 2. The molecule has 2 unspecified atom stereocenters. The van der Waals surface area contributed by atoms with Gasteiger partial charge < -0.3 is 20.5 Å². The summed E-state index contributed by atoms with van der Waals surface area (Å²) >= 11 is 0. The molecule has 2 amide bonds. The minimum absolute atomic E-state index is 0.139. The lowest BCUT2D eigenvalue weighted by Crippen LogP contribution is -2.61. The maximum absolute atomic E-state index is 12.0. The molecule has 6 nitrogen and oxygen atoms in total. The molecule has 0 aliphatic carbocycles. The molecule has 1 aromatic heterocycles. The first-order valence-corrected chi connectivity index (χ1v) is 7.34. The monoisotopic (exact) mass is 300 g/mol. The van der Waals surface area contributed by atoms with Gasteiger partial charge in [0.05, 0.1) is 0 Å². The van der Waals surface area contributed by atoms with Gasteiger partial charge in [-0.3, -0.25) is 9.59 Å². The van der Waals surface area contributed by atoms with Gasteiger partial charge in [0, 0.05) is 37.4 Å². The van der Waals surface area contributed by atoms with E-state index in [0.717, 1.165) is 22.3 Å². The van der Waals surface area contributed by atoms with Gasteiger partial charge in [0.1, 0.15) is 12.1 Å². The van der Waals surface area contributed by atoms with Crippen LogP contribution in [0, 0.1) is 0 Å². The molecule has 2 aromatic rings. The third-order valence-corrected chi connectivity index (χ3v) is 3.99. The number of H-pyrrole nitrogens is 1. The van der Waals surface area contributed by atoms with Gasteiger partial charge in [0.25, 0.3) is 0 Å². The maximum atomic E-state index is 12.0. The average molecular weight is 300 g/mol. The molecule has 6 heteroatoms. The van der Waals surface area contributed by atoms with Crippen LogP contribution in [0.25, 0.3) is 10.9 Å². The molecule has 1 fully saturated rings. The van der Waals surface area contributed by atoms with Crippen molar-refractivity contribution in [1.29, 1.82) is 0 Å². The van der Waals surface area contributed by atoms with E-state index in [9.17, 15) is 9.59 Å². The average Bonchev–Trinajstić information content (AvgIpc) is 2.85. The minimum atomic E-state index is -0.523. The van der Waals surface area contributed by atoms with Crippen LogP contribution in [0.15, 0.2) is 24.3 Å². The Hall–Kier alpha value is -2.50. The van der Waals surface area contributed by atoms with E-state index in [0.29, 0.717) is 6.42 Å². The topological polar surface area (TPSA) is 77.2 Å². The zero-order valence-electron chi connectivity index (χ0n) is 12.9. The Labute approximate surface area is 128 Å². The number of amides is 2. The molecule has 0 radical (unpaired) electrons. The smallest absolute Gasteiger partial charge is 0.243 e. The molecule has 0 bridgehead atoms. The van der Waals surface area contributed by atoms with E-state index in [1.807, 2.05) is 31.1 Å². The SMILES string of the molecule is CC1NC(=O)C(Cc2cc3ccc(N(C)C)cc3[nH]2)NC1=O. The molecule has 1 saturated heterocycles. The van der Waals surface area contributed by atoms with Crippen LogP contribution in [0.4, 0.5) is 5.69 Å². The van der Waals surface area contributed by atoms with Crippen LogP contribution < -0.4 is 15.5 Å². The Bertz CT molecular complexity index is 735. The van der Waals surface area contributed by atoms with Crippen LogP contribution in [0.1, 0.15) is 12.6 Å². The van der Waals surface area contributed by atoms with Crippen molar-refractivity contribution in [3.63, 3.8) is 0 Å². The zero-order chi connectivity index (χ0) is 15.9. The summed E-state index contributed by atoms with van der Waals surface area (Å²) in [5.41, 5.74) is 3.07. The van der Waals surface area contributed by atoms with Crippen molar-refractivity contribution in [2.45, 2.75) is 25.4 Å². The van der Waals surface area contributed by atoms with Crippen LogP contribution >= 0.6 is 0 Å². The van der Waals surface area contributed by atoms with Crippen LogP contribution in [0.2, 0.25) is 0 Å². The highest BCUT2D eigenvalue weighted by Crippen LogP contribution is 2.22. The third-order valence-electron chi connectivity index (χ3n) is 3.99. The zero-order valence-corrected chi connectivity index (χ0v) is 12.9. The van der Waals surface area contributed by atoms with Crippen molar-refractivity contribution >= 4 is 28.4 Å². The number of piperazine rings is 1. The van der Waals surface area contributed by atoms with Crippen molar-refractivity contribution < 1.29 is 9.59 Å². The van der Waals surface area contributed by atoms with Crippen LogP contribution in [0.5, 0.6) is 0 Å². The molecule has 0 saturated carbocycles. The normalized spacial score (nSPS) is 21.6. The molecule has 0 spiro atoms. The first kappa shape index (κ1) is 14.4. The summed E-state index contributed by atoms with van der Waals surface area (Å²) < 4.78 is 0. The Kier molecular flexibility index (Phi) is 3.52. The highest BCUT2D eigenvalue weighted by Gasteiger charge is 2.31. The molecular weight excluding hydrogens is 280 g/mol. The van der Waals surface area contributed by atoms with E-state index in [-0.39, 0.29) is 11.8 Å². The quantitative estimate of drug-likeness (QED) is 0.784. The number of carbonyl (C=O) groups is 2. The summed E-state index contributed by atoms with van der Waals surface area (Å²) in [7, 11) is 3.99. The Balaban J connectivity index is 1.82. The molecule has 1 aliphatic rings. The van der Waals surface area contributed by atoms with Crippen molar-refractivity contribution in [2.75, 3.05) is 19.0 Å². The molecule has 116 valence electrons. The lowest BCUT2D eigenvalue weighted by molar-refractivity contribution is -0.136. The van der Waals surface area contributed by atoms with E-state index < -0.39 is 12.1 Å². The van der Waals surface area contributed by atoms with Gasteiger partial charge in [0.15, 0.2) is 0 Å². The van der Waals surface area contributed by atoms with Gasteiger partial charge in [-0.25, -0.2) is 0 Å². The van der Waals surface area contributed by atoms with Gasteiger partial charge >= 0.3 is 0 Å². The minimum Gasteiger partial charge on any atom is -0.378 e. The molecule has 2 heterocycles. The fourth-order valence-electron chi connectivity index (χ4n) is 2.67. The molecule has 1 aromatic carbocycles. The van der Waals surface area contributed by atoms with Crippen molar-refractivity contribution in [1.82, 2.24) is 15.6 Å². The van der Waals surface area contributed by atoms with E-state index in [1.54, 1.807) is 6.92 Å². The molecule has 1 aliphatic heterocycles. The largest absolute Gasteiger partial charge is 0.378 e. The van der Waals surface area contributed by atoms with Gasteiger partial charge in [-0.15, -0.1) is 0 Å². The Morgan fingerprint density at radius 1 is 1.09 bits per heavy atom. The van der Waals surface area contributed by atoms with Crippen LogP contribution in [-0.2, 0) is 16.0 Å². The second kappa shape index (κ2) is 5.36. The number of nitrogens with one attached hydrogen (secondary N) is 3. The molecular formula is C16H20N4O2. The van der Waals surface area contributed by atoms with Crippen LogP contribution in [0.3, 0.4) is 0 Å². The summed E-state index contributed by atoms with van der Waals surface area (Å²) in [6.07, 6.45) is 0.455. The summed E-state index contributed by atoms with van der Waals surface area (Å²) in [5, 5.41) is 6.54. The summed E-state index contributed by atoms with van der Waals surface area (Å²) in [6.45, 7) is 1.68. The fourth-order valence-corrected chi connectivity index (χ4v) is 2.67. The van der Waals surface area contributed by atoms with E-state index in [1.165, 1.54) is 0 Å². The van der Waals surface area contributed by atoms with Gasteiger partial charge in [0.2, 0.25) is 11.8 Å². The van der Waals surface area contributed by atoms with Crippen molar-refractivity contribution in [3.05, 3.63) is 30.0 Å². The third kappa shape index (κ3) is 2.64. The molecule has 2 atom stereocenters. The summed E-state index contributed by atoms with van der Waals surface area (Å²) in [6, 6.07) is 7.20. The second-order valence-corrected chi connectivity index (χ2v) is 5.96. The van der Waals surface area contributed by atoms with Crippen molar-refractivity contribution in [2.24, 2.45) is 0 Å². The molecule has 3 N–H and O–H groups in total. The van der Waals surface area contributed by atoms with E-state index in [2.05, 4.69) is 27.8 Å². The summed E-state index contributed by atoms with van der Waals surface area (Å²) in [5.74, 6) is -0.282. The first-order chi connectivity index (χ1) is 10.4. The Morgan fingerprint density at radius 3 is 2.59 bits per heavy atom. The number of benzene rings is 1. The van der Waals surface area contributed by atoms with E-state index >= 15 is 0 Å². The van der Waals surface area contributed by atoms with Gasteiger partial charge in [-0.2, -0.15) is 0 Å². The highest BCUT2D eigenvalue weighted by atomic mass is 16.2. The standard InChI is InChI=1S/C16H20N4O2/c1-9-15(21)19-14(16(22)17-9)7-11-6-10-4-5-12(20(2)3)8-13(10)18-11/h4-6,8-9,14,18H,7H2,1-3H3,(H,17,22)(H,19,21). The number of hydrogen-bond acceptors (Lipinski definition) is 3. The predicted octanol–water partition coefficient (Wildman–Crippen LogP) is 0.779. The number of fused-ring (bicyclic) bond motifs is 1. The second-order valence-electron chi connectivity index (χ2n) is 5.96. The molecule has 3 rings (SSSR count).